The van der Waals surface area contributed by atoms with Crippen molar-refractivity contribution >= 4 is 23.2 Å². The summed E-state index contributed by atoms with van der Waals surface area (Å²) < 4.78 is 40.6. The second-order valence-corrected chi connectivity index (χ2v) is 7.41. The van der Waals surface area contributed by atoms with Gasteiger partial charge in [-0.3, -0.25) is 9.59 Å². The number of rotatable bonds is 4. The third-order valence-corrected chi connectivity index (χ3v) is 5.65. The van der Waals surface area contributed by atoms with Gasteiger partial charge < -0.3 is 14.7 Å². The monoisotopic (exact) mass is 414 g/mol. The van der Waals surface area contributed by atoms with E-state index in [0.29, 0.717) is 47.1 Å². The van der Waals surface area contributed by atoms with Crippen LogP contribution in [0.3, 0.4) is 0 Å². The highest BCUT2D eigenvalue weighted by Crippen LogP contribution is 2.32. The molecule has 1 aliphatic rings. The fourth-order valence-electron chi connectivity index (χ4n) is 2.99. The second kappa shape index (κ2) is 7.78. The quantitative estimate of drug-likeness (QED) is 0.820. The van der Waals surface area contributed by atoms with Gasteiger partial charge in [-0.05, 0) is 44.0 Å². The largest absolute Gasteiger partial charge is 0.573 e. The molecule has 0 saturated carbocycles. The summed E-state index contributed by atoms with van der Waals surface area (Å²) in [5.41, 5.74) is 1.10. The van der Waals surface area contributed by atoms with E-state index in [1.807, 2.05) is 0 Å². The molecule has 150 valence electrons. The van der Waals surface area contributed by atoms with Gasteiger partial charge in [0.2, 0.25) is 0 Å². The van der Waals surface area contributed by atoms with Crippen molar-refractivity contribution in [3.63, 3.8) is 0 Å². The Morgan fingerprint density at radius 3 is 2.36 bits per heavy atom. The number of carbonyl (C=O) groups excluding carboxylic acids is 1. The van der Waals surface area contributed by atoms with Crippen LogP contribution in [0.15, 0.2) is 24.3 Å². The Labute approximate surface area is 162 Å². The number of thiazole rings is 1. The fourth-order valence-corrected chi connectivity index (χ4v) is 4.03. The summed E-state index contributed by atoms with van der Waals surface area (Å²) in [5, 5.41) is 9.57. The van der Waals surface area contributed by atoms with Crippen LogP contribution in [-0.2, 0) is 4.79 Å². The average Bonchev–Trinajstić information content (AvgIpc) is 3.02. The van der Waals surface area contributed by atoms with Crippen LogP contribution in [0.5, 0.6) is 5.75 Å². The number of hydrogen-bond donors (Lipinski definition) is 1. The lowest BCUT2D eigenvalue weighted by molar-refractivity contribution is -0.274. The molecule has 1 saturated heterocycles. The Kier molecular flexibility index (Phi) is 5.59. The molecule has 2 heterocycles. The maximum Gasteiger partial charge on any atom is 0.573 e. The number of likely N-dealkylation sites (tertiary alicyclic amines) is 1. The van der Waals surface area contributed by atoms with Gasteiger partial charge in [-0.1, -0.05) is 0 Å². The summed E-state index contributed by atoms with van der Waals surface area (Å²) in [5.74, 6) is -1.81. The Balaban J connectivity index is 1.72. The van der Waals surface area contributed by atoms with E-state index < -0.39 is 18.2 Å². The van der Waals surface area contributed by atoms with E-state index in [1.165, 1.54) is 24.3 Å². The first-order valence-corrected chi connectivity index (χ1v) is 9.31. The molecule has 28 heavy (non-hydrogen) atoms. The Morgan fingerprint density at radius 1 is 1.21 bits per heavy atom. The number of aromatic nitrogens is 1. The molecule has 1 aromatic heterocycles. The lowest BCUT2D eigenvalue weighted by Crippen LogP contribution is -2.40. The number of ether oxygens (including phenoxy) is 1. The molecule has 1 aromatic carbocycles. The maximum atomic E-state index is 12.8. The molecule has 1 N–H and O–H groups in total. The molecule has 0 radical (unpaired) electrons. The normalized spacial score (nSPS) is 15.5. The molecular formula is C18H17F3N2O4S. The van der Waals surface area contributed by atoms with Gasteiger partial charge in [0.25, 0.3) is 5.91 Å². The van der Waals surface area contributed by atoms with E-state index >= 15 is 0 Å². The second-order valence-electron chi connectivity index (χ2n) is 6.41. The molecule has 0 aliphatic carbocycles. The van der Waals surface area contributed by atoms with E-state index in [0.717, 1.165) is 11.3 Å². The molecule has 6 nitrogen and oxygen atoms in total. The summed E-state index contributed by atoms with van der Waals surface area (Å²) in [6.45, 7) is 2.43. The highest BCUT2D eigenvalue weighted by atomic mass is 32.1. The summed E-state index contributed by atoms with van der Waals surface area (Å²) in [7, 11) is 0. The van der Waals surface area contributed by atoms with Crippen molar-refractivity contribution in [1.82, 2.24) is 9.88 Å². The maximum absolute atomic E-state index is 12.8. The molecule has 0 spiro atoms. The molecule has 2 aromatic rings. The van der Waals surface area contributed by atoms with Gasteiger partial charge in [0, 0.05) is 18.7 Å². The average molecular weight is 414 g/mol. The first-order valence-electron chi connectivity index (χ1n) is 8.50. The summed E-state index contributed by atoms with van der Waals surface area (Å²) >= 11 is 1.16. The molecule has 0 bridgehead atoms. The zero-order chi connectivity index (χ0) is 20.5. The number of carbonyl (C=O) groups is 2. The van der Waals surface area contributed by atoms with Gasteiger partial charge in [0.1, 0.15) is 15.6 Å². The van der Waals surface area contributed by atoms with E-state index in [4.69, 9.17) is 5.11 Å². The van der Waals surface area contributed by atoms with Crippen LogP contribution < -0.4 is 4.74 Å². The van der Waals surface area contributed by atoms with E-state index in [1.54, 1.807) is 11.8 Å². The first-order chi connectivity index (χ1) is 13.1. The van der Waals surface area contributed by atoms with E-state index in [-0.39, 0.29) is 11.7 Å². The summed E-state index contributed by atoms with van der Waals surface area (Å²) in [4.78, 5) is 30.2. The minimum Gasteiger partial charge on any atom is -0.481 e. The molecule has 10 heteroatoms. The van der Waals surface area contributed by atoms with Gasteiger partial charge >= 0.3 is 12.3 Å². The molecule has 0 atom stereocenters. The van der Waals surface area contributed by atoms with Gasteiger partial charge in [0.15, 0.2) is 0 Å². The van der Waals surface area contributed by atoms with Gasteiger partial charge in [0.05, 0.1) is 11.6 Å². The standard InChI is InChI=1S/C18H17F3N2O4S/c1-10-14(16(24)23-8-6-12(7-9-23)17(25)26)28-15(22-10)11-2-4-13(5-3-11)27-18(19,20)21/h2-5,12H,6-9H2,1H3,(H,25,26). The third-order valence-electron chi connectivity index (χ3n) is 4.46. The van der Waals surface area contributed by atoms with Crippen LogP contribution in [0.25, 0.3) is 10.6 Å². The van der Waals surface area contributed by atoms with Crippen molar-refractivity contribution in [1.29, 1.82) is 0 Å². The molecule has 1 fully saturated rings. The number of aryl methyl sites for hydroxylation is 1. The molecule has 1 amide bonds. The number of alkyl halides is 3. The summed E-state index contributed by atoms with van der Waals surface area (Å²) in [6.07, 6.45) is -3.94. The van der Waals surface area contributed by atoms with Crippen molar-refractivity contribution in [2.45, 2.75) is 26.1 Å². The Bertz CT molecular complexity index is 872. The van der Waals surface area contributed by atoms with Gasteiger partial charge in [-0.15, -0.1) is 24.5 Å². The minimum atomic E-state index is -4.76. The number of carboxylic acids is 1. The molecule has 3 rings (SSSR count). The van der Waals surface area contributed by atoms with E-state index in [9.17, 15) is 22.8 Å². The van der Waals surface area contributed by atoms with Gasteiger partial charge in [-0.25, -0.2) is 4.98 Å². The zero-order valence-corrected chi connectivity index (χ0v) is 15.6. The highest BCUT2D eigenvalue weighted by molar-refractivity contribution is 7.17. The van der Waals surface area contributed by atoms with Crippen LogP contribution in [0.2, 0.25) is 0 Å². The minimum absolute atomic E-state index is 0.206. The molecule has 0 unspecified atom stereocenters. The van der Waals surface area contributed by atoms with Crippen LogP contribution in [0.4, 0.5) is 13.2 Å². The lowest BCUT2D eigenvalue weighted by atomic mass is 9.97. The number of amides is 1. The third kappa shape index (κ3) is 4.61. The molecular weight excluding hydrogens is 397 g/mol. The first kappa shape index (κ1) is 20.1. The van der Waals surface area contributed by atoms with Crippen LogP contribution in [-0.4, -0.2) is 46.3 Å². The number of aliphatic carboxylic acids is 1. The van der Waals surface area contributed by atoms with E-state index in [2.05, 4.69) is 9.72 Å². The van der Waals surface area contributed by atoms with Crippen molar-refractivity contribution in [3.8, 4) is 16.3 Å². The number of halogens is 3. The van der Waals surface area contributed by atoms with Crippen molar-refractivity contribution in [3.05, 3.63) is 34.8 Å². The predicted octanol–water partition coefficient (Wildman–Crippen LogP) is 3.95. The van der Waals surface area contributed by atoms with Gasteiger partial charge in [-0.2, -0.15) is 0 Å². The number of carboxylic acid groups (broad SMARTS) is 1. The van der Waals surface area contributed by atoms with Crippen LogP contribution in [0.1, 0.15) is 28.2 Å². The SMILES string of the molecule is Cc1nc(-c2ccc(OC(F)(F)F)cc2)sc1C(=O)N1CCC(C(=O)O)CC1. The van der Waals surface area contributed by atoms with Crippen molar-refractivity contribution < 1.29 is 32.6 Å². The smallest absolute Gasteiger partial charge is 0.481 e. The van der Waals surface area contributed by atoms with Crippen LogP contribution >= 0.6 is 11.3 Å². The molecule has 1 aliphatic heterocycles. The fraction of sp³-hybridized carbons (Fsp3) is 0.389. The topological polar surface area (TPSA) is 79.7 Å². The number of nitrogens with zero attached hydrogens (tertiary/aromatic N) is 2. The Morgan fingerprint density at radius 2 is 1.82 bits per heavy atom. The highest BCUT2D eigenvalue weighted by Gasteiger charge is 2.31. The van der Waals surface area contributed by atoms with Crippen molar-refractivity contribution in [2.24, 2.45) is 5.92 Å². The van der Waals surface area contributed by atoms with Crippen molar-refractivity contribution in [2.75, 3.05) is 13.1 Å². The summed E-state index contributed by atoms with van der Waals surface area (Å²) in [6, 6.07) is 5.29. The Hall–Kier alpha value is -2.62. The number of benzene rings is 1. The predicted molar refractivity (Wildman–Crippen MR) is 95.2 cm³/mol. The number of hydrogen-bond acceptors (Lipinski definition) is 5. The zero-order valence-electron chi connectivity index (χ0n) is 14.8. The lowest BCUT2D eigenvalue weighted by Gasteiger charge is -2.29. The van der Waals surface area contributed by atoms with Crippen LogP contribution in [0, 0.1) is 12.8 Å². The number of piperidine rings is 1.